The highest BCUT2D eigenvalue weighted by Gasteiger charge is 2.34. The van der Waals surface area contributed by atoms with Crippen LogP contribution in [0, 0.1) is 5.92 Å². The summed E-state index contributed by atoms with van der Waals surface area (Å²) < 4.78 is 4.15. The molecule has 1 aliphatic heterocycles. The molecule has 0 spiro atoms. The first-order chi connectivity index (χ1) is 12.4. The van der Waals surface area contributed by atoms with Crippen molar-refractivity contribution in [2.45, 2.75) is 38.8 Å². The Labute approximate surface area is 156 Å². The highest BCUT2D eigenvalue weighted by atomic mass is 16.2. The van der Waals surface area contributed by atoms with E-state index in [-0.39, 0.29) is 11.9 Å². The van der Waals surface area contributed by atoms with Crippen LogP contribution in [0.1, 0.15) is 55.0 Å². The van der Waals surface area contributed by atoms with Crippen molar-refractivity contribution in [1.82, 2.24) is 23.9 Å². The lowest BCUT2D eigenvalue weighted by Crippen LogP contribution is -2.43. The average molecular weight is 358 g/mol. The summed E-state index contributed by atoms with van der Waals surface area (Å²) in [6, 6.07) is 4.45. The zero-order chi connectivity index (χ0) is 18.8. The average Bonchev–Trinajstić information content (AvgIpc) is 3.23. The number of nitrogens with zero attached hydrogens (tertiary/aromatic N) is 5. The number of piperidine rings is 1. The van der Waals surface area contributed by atoms with E-state index < -0.39 is 0 Å². The third kappa shape index (κ3) is 3.56. The van der Waals surface area contributed by atoms with Crippen LogP contribution in [0.2, 0.25) is 0 Å². The Hall–Kier alpha value is -2.08. The molecule has 2 aromatic heterocycles. The molecule has 142 valence electrons. The molecule has 3 rings (SSSR count). The van der Waals surface area contributed by atoms with E-state index in [1.165, 1.54) is 12.1 Å². The number of carbonyl (C=O) groups excluding carboxylic acids is 1. The van der Waals surface area contributed by atoms with Crippen LogP contribution in [0.3, 0.4) is 0 Å². The van der Waals surface area contributed by atoms with Gasteiger partial charge in [0.05, 0.1) is 18.1 Å². The minimum Gasteiger partial charge on any atom is -0.341 e. The lowest BCUT2D eigenvalue weighted by Gasteiger charge is -2.40. The van der Waals surface area contributed by atoms with Gasteiger partial charge in [-0.2, -0.15) is 0 Å². The maximum absolute atomic E-state index is 13.0. The van der Waals surface area contributed by atoms with Crippen LogP contribution in [0.5, 0.6) is 0 Å². The van der Waals surface area contributed by atoms with E-state index in [0.717, 1.165) is 25.2 Å². The first-order valence-corrected chi connectivity index (χ1v) is 9.49. The Kier molecular flexibility index (Phi) is 5.51. The number of carbonyl (C=O) groups is 1. The molecular weight excluding hydrogens is 326 g/mol. The number of hydrogen-bond donors (Lipinski definition) is 0. The predicted molar refractivity (Wildman–Crippen MR) is 103 cm³/mol. The first-order valence-electron chi connectivity index (χ1n) is 9.49. The molecule has 26 heavy (non-hydrogen) atoms. The molecule has 0 aromatic carbocycles. The molecule has 1 fully saturated rings. The summed E-state index contributed by atoms with van der Waals surface area (Å²) in [5.74, 6) is 0.501. The van der Waals surface area contributed by atoms with Crippen LogP contribution in [-0.2, 0) is 7.05 Å². The van der Waals surface area contributed by atoms with Crippen molar-refractivity contribution in [3.05, 3.63) is 42.2 Å². The van der Waals surface area contributed by atoms with Crippen LogP contribution in [-0.4, -0.2) is 57.0 Å². The largest absolute Gasteiger partial charge is 0.341 e. The number of amides is 1. The van der Waals surface area contributed by atoms with Gasteiger partial charge in [-0.15, -0.1) is 0 Å². The maximum Gasteiger partial charge on any atom is 0.270 e. The number of likely N-dealkylation sites (tertiary alicyclic amines) is 1. The smallest absolute Gasteiger partial charge is 0.270 e. The third-order valence-corrected chi connectivity index (χ3v) is 5.57. The number of imidazole rings is 1. The molecule has 0 bridgehead atoms. The second-order valence-corrected chi connectivity index (χ2v) is 7.84. The van der Waals surface area contributed by atoms with Crippen LogP contribution in [0.25, 0.3) is 0 Å². The molecular formula is C20H31N5O. The fraction of sp³-hybridized carbons (Fsp3) is 0.600. The monoisotopic (exact) mass is 357 g/mol. The van der Waals surface area contributed by atoms with Crippen molar-refractivity contribution in [3.8, 4) is 0 Å². The van der Waals surface area contributed by atoms with Gasteiger partial charge < -0.3 is 14.0 Å². The molecule has 0 unspecified atom stereocenters. The van der Waals surface area contributed by atoms with Crippen molar-refractivity contribution in [2.75, 3.05) is 27.2 Å². The molecule has 6 heteroatoms. The van der Waals surface area contributed by atoms with Gasteiger partial charge in [-0.05, 0) is 58.3 Å². The number of aromatic nitrogens is 3. The standard InChI is InChI=1S/C20H31N5O/c1-15(2)25-11-7-9-17(25)20(26)23(4)13-16-8-6-10-22(3)19(16)18-12-21-14-24(18)5/h7,9,11-12,14-16,19H,6,8,10,13H2,1-5H3/t16-,19+/m0/s1. The molecule has 0 saturated carbocycles. The molecule has 3 heterocycles. The summed E-state index contributed by atoms with van der Waals surface area (Å²) in [7, 11) is 6.15. The topological polar surface area (TPSA) is 46.3 Å². The van der Waals surface area contributed by atoms with E-state index >= 15 is 0 Å². The second-order valence-electron chi connectivity index (χ2n) is 7.84. The molecule has 1 amide bonds. The summed E-state index contributed by atoms with van der Waals surface area (Å²) in [6.45, 7) is 6.04. The SMILES string of the molecule is CC(C)n1cccc1C(=O)N(C)C[C@@H]1CCCN(C)[C@H]1c1cncn1C. The quantitative estimate of drug-likeness (QED) is 0.826. The summed E-state index contributed by atoms with van der Waals surface area (Å²) in [4.78, 5) is 21.6. The Morgan fingerprint density at radius 2 is 2.15 bits per heavy atom. The molecule has 0 N–H and O–H groups in total. The highest BCUT2D eigenvalue weighted by Crippen LogP contribution is 2.35. The molecule has 6 nitrogen and oxygen atoms in total. The lowest BCUT2D eigenvalue weighted by molar-refractivity contribution is 0.0623. The Morgan fingerprint density at radius 1 is 1.38 bits per heavy atom. The molecule has 2 aromatic rings. The fourth-order valence-electron chi connectivity index (χ4n) is 4.23. The van der Waals surface area contributed by atoms with E-state index in [1.54, 1.807) is 0 Å². The van der Waals surface area contributed by atoms with Gasteiger partial charge in [0.2, 0.25) is 0 Å². The second kappa shape index (κ2) is 7.66. The van der Waals surface area contributed by atoms with Crippen molar-refractivity contribution >= 4 is 5.91 Å². The molecule has 1 aliphatic rings. The van der Waals surface area contributed by atoms with Gasteiger partial charge in [0.15, 0.2) is 0 Å². The number of aryl methyl sites for hydroxylation is 1. The van der Waals surface area contributed by atoms with Crippen LogP contribution >= 0.6 is 0 Å². The van der Waals surface area contributed by atoms with Crippen molar-refractivity contribution in [3.63, 3.8) is 0 Å². The summed E-state index contributed by atoms with van der Waals surface area (Å²) >= 11 is 0. The van der Waals surface area contributed by atoms with Gasteiger partial charge in [-0.25, -0.2) is 4.98 Å². The van der Waals surface area contributed by atoms with E-state index in [9.17, 15) is 4.79 Å². The lowest BCUT2D eigenvalue weighted by atomic mass is 9.87. The summed E-state index contributed by atoms with van der Waals surface area (Å²) in [5, 5.41) is 0. The van der Waals surface area contributed by atoms with Crippen LogP contribution < -0.4 is 0 Å². The number of rotatable bonds is 5. The number of hydrogen-bond acceptors (Lipinski definition) is 3. The molecule has 1 saturated heterocycles. The minimum atomic E-state index is 0.0979. The summed E-state index contributed by atoms with van der Waals surface area (Å²) in [5.41, 5.74) is 1.99. The van der Waals surface area contributed by atoms with E-state index in [0.29, 0.717) is 12.0 Å². The summed E-state index contributed by atoms with van der Waals surface area (Å²) in [6.07, 6.45) is 8.10. The maximum atomic E-state index is 13.0. The zero-order valence-corrected chi connectivity index (χ0v) is 16.6. The van der Waals surface area contributed by atoms with Crippen molar-refractivity contribution in [1.29, 1.82) is 0 Å². The Morgan fingerprint density at radius 3 is 2.81 bits per heavy atom. The zero-order valence-electron chi connectivity index (χ0n) is 16.6. The third-order valence-electron chi connectivity index (χ3n) is 5.57. The molecule has 0 radical (unpaired) electrons. The van der Waals surface area contributed by atoms with E-state index in [4.69, 9.17) is 0 Å². The fourth-order valence-corrected chi connectivity index (χ4v) is 4.23. The van der Waals surface area contributed by atoms with Gasteiger partial charge >= 0.3 is 0 Å². The van der Waals surface area contributed by atoms with Crippen LogP contribution in [0.15, 0.2) is 30.9 Å². The normalized spacial score (nSPS) is 21.3. The van der Waals surface area contributed by atoms with Crippen LogP contribution in [0.4, 0.5) is 0 Å². The molecule has 0 aliphatic carbocycles. The van der Waals surface area contributed by atoms with Gasteiger partial charge in [0, 0.05) is 39.1 Å². The van der Waals surface area contributed by atoms with E-state index in [2.05, 4.69) is 35.3 Å². The first kappa shape index (κ1) is 18.7. The minimum absolute atomic E-state index is 0.0979. The van der Waals surface area contributed by atoms with E-state index in [1.807, 2.05) is 54.4 Å². The highest BCUT2D eigenvalue weighted by molar-refractivity contribution is 5.92. The van der Waals surface area contributed by atoms with Gasteiger partial charge in [0.1, 0.15) is 5.69 Å². The Balaban J connectivity index is 1.78. The Bertz CT molecular complexity index is 747. The van der Waals surface area contributed by atoms with Crippen molar-refractivity contribution < 1.29 is 4.79 Å². The van der Waals surface area contributed by atoms with Gasteiger partial charge in [-0.3, -0.25) is 9.69 Å². The van der Waals surface area contributed by atoms with Gasteiger partial charge in [-0.1, -0.05) is 0 Å². The molecule has 2 atom stereocenters. The van der Waals surface area contributed by atoms with Crippen molar-refractivity contribution in [2.24, 2.45) is 13.0 Å². The predicted octanol–water partition coefficient (Wildman–Crippen LogP) is 2.96. The van der Waals surface area contributed by atoms with Gasteiger partial charge in [0.25, 0.3) is 5.91 Å².